The lowest BCUT2D eigenvalue weighted by Crippen LogP contribution is -2.29. The van der Waals surface area contributed by atoms with Crippen LogP contribution in [0, 0.1) is 5.41 Å². The first-order chi connectivity index (χ1) is 9.10. The van der Waals surface area contributed by atoms with Crippen LogP contribution in [0.1, 0.15) is 57.1 Å². The van der Waals surface area contributed by atoms with E-state index in [0.717, 1.165) is 23.5 Å². The first-order valence-electron chi connectivity index (χ1n) is 7.07. The summed E-state index contributed by atoms with van der Waals surface area (Å²) in [4.78, 5) is 0. The van der Waals surface area contributed by atoms with Crippen molar-refractivity contribution in [3.63, 3.8) is 0 Å². The molecule has 1 fully saturated rings. The van der Waals surface area contributed by atoms with Gasteiger partial charge in [0.05, 0.1) is 11.9 Å². The van der Waals surface area contributed by atoms with Crippen LogP contribution in [0.15, 0.2) is 0 Å². The summed E-state index contributed by atoms with van der Waals surface area (Å²) in [6.07, 6.45) is 5.13. The number of hydrogen-bond acceptors (Lipinski definition) is 3. The van der Waals surface area contributed by atoms with E-state index in [2.05, 4.69) is 44.5 Å². The Morgan fingerprint density at radius 3 is 2.79 bits per heavy atom. The fraction of sp³-hybridized carbons (Fsp3) is 0.857. The van der Waals surface area contributed by atoms with E-state index < -0.39 is 0 Å². The zero-order valence-electron chi connectivity index (χ0n) is 12.2. The molecule has 0 N–H and O–H groups in total. The molecular formula is C14H24BrN3O. The summed E-state index contributed by atoms with van der Waals surface area (Å²) in [6.45, 7) is 6.27. The average Bonchev–Trinajstić information content (AvgIpc) is 2.78. The van der Waals surface area contributed by atoms with Crippen molar-refractivity contribution in [1.29, 1.82) is 0 Å². The molecule has 1 aromatic heterocycles. The fourth-order valence-electron chi connectivity index (χ4n) is 3.10. The largest absolute Gasteiger partial charge is 0.383 e. The zero-order valence-corrected chi connectivity index (χ0v) is 13.7. The van der Waals surface area contributed by atoms with Crippen molar-refractivity contribution in [3.8, 4) is 0 Å². The second-order valence-electron chi connectivity index (χ2n) is 6.04. The number of alkyl halides is 1. The van der Waals surface area contributed by atoms with E-state index in [1.165, 1.54) is 25.7 Å². The van der Waals surface area contributed by atoms with Gasteiger partial charge in [-0.15, -0.1) is 10.2 Å². The maximum atomic E-state index is 5.22. The Labute approximate surface area is 124 Å². The summed E-state index contributed by atoms with van der Waals surface area (Å²) < 4.78 is 7.46. The van der Waals surface area contributed by atoms with Gasteiger partial charge in [0.2, 0.25) is 0 Å². The summed E-state index contributed by atoms with van der Waals surface area (Å²) in [5.74, 6) is 2.67. The highest BCUT2D eigenvalue weighted by Crippen LogP contribution is 2.46. The van der Waals surface area contributed by atoms with E-state index in [-0.39, 0.29) is 0 Å². The van der Waals surface area contributed by atoms with Gasteiger partial charge in [-0.2, -0.15) is 0 Å². The van der Waals surface area contributed by atoms with Crippen LogP contribution in [0.2, 0.25) is 0 Å². The van der Waals surface area contributed by atoms with Crippen molar-refractivity contribution in [3.05, 3.63) is 11.6 Å². The van der Waals surface area contributed by atoms with Gasteiger partial charge in [-0.3, -0.25) is 0 Å². The third kappa shape index (κ3) is 3.19. The Morgan fingerprint density at radius 1 is 1.37 bits per heavy atom. The average molecular weight is 330 g/mol. The predicted molar refractivity (Wildman–Crippen MR) is 79.5 cm³/mol. The van der Waals surface area contributed by atoms with Crippen molar-refractivity contribution in [2.45, 2.75) is 57.3 Å². The molecule has 1 aromatic rings. The molecule has 108 valence electrons. The van der Waals surface area contributed by atoms with Crippen molar-refractivity contribution in [1.82, 2.24) is 14.8 Å². The first kappa shape index (κ1) is 15.0. The van der Waals surface area contributed by atoms with Crippen LogP contribution in [-0.4, -0.2) is 28.5 Å². The fourth-order valence-corrected chi connectivity index (χ4v) is 3.52. The zero-order chi connectivity index (χ0) is 13.9. The quantitative estimate of drug-likeness (QED) is 0.776. The molecule has 19 heavy (non-hydrogen) atoms. The summed E-state index contributed by atoms with van der Waals surface area (Å²) in [6, 6.07) is 0. The van der Waals surface area contributed by atoms with Crippen LogP contribution < -0.4 is 0 Å². The number of hydrogen-bond donors (Lipinski definition) is 0. The van der Waals surface area contributed by atoms with Gasteiger partial charge >= 0.3 is 0 Å². The standard InChI is InChI=1S/C14H24BrN3O/c1-14(2)7-5-4-6-11(14)13-17-16-12(10-15)18(13)8-9-19-3/h11H,4-10H2,1-3H3. The first-order valence-corrected chi connectivity index (χ1v) is 8.19. The number of aromatic nitrogens is 3. The van der Waals surface area contributed by atoms with Crippen LogP contribution in [0.5, 0.6) is 0 Å². The van der Waals surface area contributed by atoms with Crippen LogP contribution in [-0.2, 0) is 16.6 Å². The van der Waals surface area contributed by atoms with E-state index in [1.54, 1.807) is 7.11 Å². The number of ether oxygens (including phenoxy) is 1. The maximum absolute atomic E-state index is 5.22. The third-order valence-corrected chi connectivity index (χ3v) is 4.81. The van der Waals surface area contributed by atoms with E-state index in [4.69, 9.17) is 4.74 Å². The van der Waals surface area contributed by atoms with Gasteiger partial charge in [-0.25, -0.2) is 0 Å². The van der Waals surface area contributed by atoms with E-state index in [0.29, 0.717) is 17.9 Å². The normalized spacial score (nSPS) is 22.6. The van der Waals surface area contributed by atoms with Crippen LogP contribution in [0.3, 0.4) is 0 Å². The molecule has 0 aromatic carbocycles. The van der Waals surface area contributed by atoms with Gasteiger partial charge in [0.25, 0.3) is 0 Å². The molecule has 0 saturated heterocycles. The second kappa shape index (κ2) is 6.35. The molecule has 0 spiro atoms. The minimum atomic E-state index is 0.319. The lowest BCUT2D eigenvalue weighted by atomic mass is 9.68. The Morgan fingerprint density at radius 2 is 2.16 bits per heavy atom. The highest BCUT2D eigenvalue weighted by atomic mass is 79.9. The molecule has 1 heterocycles. The van der Waals surface area contributed by atoms with Crippen molar-refractivity contribution in [2.75, 3.05) is 13.7 Å². The number of methoxy groups -OCH3 is 1. The Hall–Kier alpha value is -0.420. The molecule has 1 aliphatic rings. The molecule has 1 atom stereocenters. The van der Waals surface area contributed by atoms with Gasteiger partial charge in [-0.05, 0) is 18.3 Å². The highest BCUT2D eigenvalue weighted by Gasteiger charge is 2.36. The smallest absolute Gasteiger partial charge is 0.143 e. The number of nitrogens with zero attached hydrogens (tertiary/aromatic N) is 3. The molecule has 0 amide bonds. The van der Waals surface area contributed by atoms with Gasteiger partial charge in [0, 0.05) is 19.6 Å². The summed E-state index contributed by atoms with van der Waals surface area (Å²) in [7, 11) is 1.74. The molecule has 1 aliphatic carbocycles. The molecule has 4 nitrogen and oxygen atoms in total. The molecule has 0 radical (unpaired) electrons. The van der Waals surface area contributed by atoms with E-state index >= 15 is 0 Å². The molecule has 1 unspecified atom stereocenters. The van der Waals surface area contributed by atoms with Gasteiger partial charge in [0.15, 0.2) is 0 Å². The molecule has 0 bridgehead atoms. The number of rotatable bonds is 5. The van der Waals surface area contributed by atoms with Gasteiger partial charge in [-0.1, -0.05) is 42.6 Å². The molecular weight excluding hydrogens is 306 g/mol. The van der Waals surface area contributed by atoms with Gasteiger partial charge in [0.1, 0.15) is 11.6 Å². The minimum absolute atomic E-state index is 0.319. The summed E-state index contributed by atoms with van der Waals surface area (Å²) >= 11 is 3.50. The Balaban J connectivity index is 2.29. The monoisotopic (exact) mass is 329 g/mol. The predicted octanol–water partition coefficient (Wildman–Crippen LogP) is 3.50. The topological polar surface area (TPSA) is 39.9 Å². The van der Waals surface area contributed by atoms with E-state index in [9.17, 15) is 0 Å². The van der Waals surface area contributed by atoms with Crippen molar-refractivity contribution < 1.29 is 4.74 Å². The van der Waals surface area contributed by atoms with Gasteiger partial charge < -0.3 is 9.30 Å². The Bertz CT molecular complexity index is 417. The number of halogens is 1. The van der Waals surface area contributed by atoms with Crippen LogP contribution in [0.4, 0.5) is 0 Å². The Kier molecular flexibility index (Phi) is 5.01. The third-order valence-electron chi connectivity index (χ3n) is 4.31. The van der Waals surface area contributed by atoms with Crippen LogP contribution in [0.25, 0.3) is 0 Å². The molecule has 1 saturated carbocycles. The van der Waals surface area contributed by atoms with Crippen molar-refractivity contribution in [2.24, 2.45) is 5.41 Å². The summed E-state index contributed by atoms with van der Waals surface area (Å²) in [5.41, 5.74) is 0.319. The molecule has 0 aliphatic heterocycles. The molecule has 5 heteroatoms. The lowest BCUT2D eigenvalue weighted by molar-refractivity contribution is 0.170. The van der Waals surface area contributed by atoms with Crippen LogP contribution >= 0.6 is 15.9 Å². The van der Waals surface area contributed by atoms with Crippen molar-refractivity contribution >= 4 is 15.9 Å². The van der Waals surface area contributed by atoms with E-state index in [1.807, 2.05) is 0 Å². The lowest BCUT2D eigenvalue weighted by Gasteiger charge is -2.38. The second-order valence-corrected chi connectivity index (χ2v) is 6.60. The highest BCUT2D eigenvalue weighted by molar-refractivity contribution is 9.08. The summed E-state index contributed by atoms with van der Waals surface area (Å²) in [5, 5.41) is 9.57. The molecule has 2 rings (SSSR count). The maximum Gasteiger partial charge on any atom is 0.143 e. The minimum Gasteiger partial charge on any atom is -0.383 e. The SMILES string of the molecule is COCCn1c(CBr)nnc1C1CCCCC1(C)C.